The van der Waals surface area contributed by atoms with Crippen LogP contribution in [0.15, 0.2) is 42.9 Å². The maximum absolute atomic E-state index is 14.9. The average Bonchev–Trinajstić information content (AvgIpc) is 3.50. The van der Waals surface area contributed by atoms with Crippen LogP contribution in [0.2, 0.25) is 0 Å². The van der Waals surface area contributed by atoms with E-state index in [2.05, 4.69) is 15.3 Å². The molecule has 2 N–H and O–H groups in total. The Kier molecular flexibility index (Phi) is 6.38. The number of cyclic esters (lactones) is 1. The van der Waals surface area contributed by atoms with E-state index in [1.165, 1.54) is 11.0 Å². The zero-order chi connectivity index (χ0) is 25.2. The summed E-state index contributed by atoms with van der Waals surface area (Å²) in [5.41, 5.74) is 0.883. The van der Waals surface area contributed by atoms with Crippen molar-refractivity contribution in [1.82, 2.24) is 24.6 Å². The third-order valence-corrected chi connectivity index (χ3v) is 6.16. The predicted octanol–water partition coefficient (Wildman–Crippen LogP) is 0.265. The van der Waals surface area contributed by atoms with Gasteiger partial charge >= 0.3 is 6.09 Å². The summed E-state index contributed by atoms with van der Waals surface area (Å²) in [6.45, 7) is 1.23. The minimum absolute atomic E-state index is 0.152. The van der Waals surface area contributed by atoms with Crippen LogP contribution in [0.3, 0.4) is 0 Å². The van der Waals surface area contributed by atoms with Gasteiger partial charge in [-0.15, -0.1) is 0 Å². The van der Waals surface area contributed by atoms with Gasteiger partial charge in [-0.05, 0) is 24.3 Å². The number of aliphatic hydroxyl groups is 1. The first-order valence-electron chi connectivity index (χ1n) is 11.4. The molecule has 188 valence electrons. The number of halogens is 1. The van der Waals surface area contributed by atoms with Crippen molar-refractivity contribution >= 4 is 35.1 Å². The molecule has 5 rings (SSSR count). The smallest absolute Gasteiger partial charge is 0.414 e. The first kappa shape index (κ1) is 23.5. The zero-order valence-corrected chi connectivity index (χ0v) is 19.2. The fourth-order valence-electron chi connectivity index (χ4n) is 4.24. The van der Waals surface area contributed by atoms with Gasteiger partial charge in [-0.2, -0.15) is 0 Å². The largest absolute Gasteiger partial charge is 0.441 e. The minimum Gasteiger partial charge on any atom is -0.441 e. The second kappa shape index (κ2) is 9.77. The van der Waals surface area contributed by atoms with E-state index in [1.54, 1.807) is 46.1 Å². The maximum Gasteiger partial charge on any atom is 0.414 e. The number of benzene rings is 1. The molecule has 0 bridgehead atoms. The SMILES string of the molecule is O=C(NCC(=O)N1CCN(c2ccc(N3CC(CO)OC3=O)cc2F)CC1)c1cn2cccnc2n1. The molecule has 36 heavy (non-hydrogen) atoms. The van der Waals surface area contributed by atoms with Gasteiger partial charge < -0.3 is 25.0 Å². The van der Waals surface area contributed by atoms with Crippen molar-refractivity contribution in [2.24, 2.45) is 0 Å². The topological polar surface area (TPSA) is 133 Å². The lowest BCUT2D eigenvalue weighted by Gasteiger charge is -2.36. The lowest BCUT2D eigenvalue weighted by Crippen LogP contribution is -2.51. The zero-order valence-electron chi connectivity index (χ0n) is 19.2. The van der Waals surface area contributed by atoms with Crippen LogP contribution in [0.5, 0.6) is 0 Å². The number of aliphatic hydroxyl groups excluding tert-OH is 1. The summed E-state index contributed by atoms with van der Waals surface area (Å²) < 4.78 is 21.5. The Morgan fingerprint density at radius 3 is 2.72 bits per heavy atom. The lowest BCUT2D eigenvalue weighted by molar-refractivity contribution is -0.130. The Morgan fingerprint density at radius 1 is 1.22 bits per heavy atom. The van der Waals surface area contributed by atoms with Crippen LogP contribution in [0.25, 0.3) is 5.78 Å². The number of aromatic nitrogens is 3. The highest BCUT2D eigenvalue weighted by atomic mass is 19.1. The highest BCUT2D eigenvalue weighted by Crippen LogP contribution is 2.28. The van der Waals surface area contributed by atoms with Gasteiger partial charge in [0.15, 0.2) is 0 Å². The van der Waals surface area contributed by atoms with E-state index in [4.69, 9.17) is 4.74 Å². The molecule has 4 heterocycles. The minimum atomic E-state index is -0.632. The Balaban J connectivity index is 1.13. The quantitative estimate of drug-likeness (QED) is 0.496. The van der Waals surface area contributed by atoms with Crippen molar-refractivity contribution in [3.63, 3.8) is 0 Å². The number of hydrogen-bond donors (Lipinski definition) is 2. The first-order chi connectivity index (χ1) is 17.4. The van der Waals surface area contributed by atoms with Crippen LogP contribution in [-0.2, 0) is 9.53 Å². The molecule has 2 fully saturated rings. The molecule has 2 aliphatic heterocycles. The van der Waals surface area contributed by atoms with Gasteiger partial charge in [0.1, 0.15) is 17.6 Å². The van der Waals surface area contributed by atoms with E-state index in [0.717, 1.165) is 0 Å². The molecule has 0 saturated carbocycles. The number of carbonyl (C=O) groups is 3. The Bertz CT molecular complexity index is 1270. The van der Waals surface area contributed by atoms with Gasteiger partial charge in [0.2, 0.25) is 11.7 Å². The van der Waals surface area contributed by atoms with E-state index in [-0.39, 0.29) is 31.3 Å². The van der Waals surface area contributed by atoms with Gasteiger partial charge in [-0.25, -0.2) is 19.2 Å². The third-order valence-electron chi connectivity index (χ3n) is 6.16. The van der Waals surface area contributed by atoms with Crippen LogP contribution in [0, 0.1) is 5.82 Å². The highest BCUT2D eigenvalue weighted by molar-refractivity contribution is 5.95. The summed E-state index contributed by atoms with van der Waals surface area (Å²) in [7, 11) is 0. The standard InChI is InChI=1S/C23H24FN7O5/c24-17-10-15(31-12-16(14-32)36-23(31)35)2-3-19(17)28-6-8-29(9-7-28)20(33)11-26-21(34)18-13-30-5-1-4-25-22(30)27-18/h1-5,10,13,16,32H,6-9,11-12,14H2,(H,26,34). The number of imidazole rings is 1. The van der Waals surface area contributed by atoms with E-state index in [9.17, 15) is 23.9 Å². The molecule has 0 spiro atoms. The molecule has 0 radical (unpaired) electrons. The molecule has 0 aliphatic carbocycles. The number of hydrogen-bond acceptors (Lipinski definition) is 8. The van der Waals surface area contributed by atoms with Crippen molar-refractivity contribution < 1.29 is 28.6 Å². The first-order valence-corrected chi connectivity index (χ1v) is 11.4. The number of nitrogens with one attached hydrogen (secondary N) is 1. The summed E-state index contributed by atoms with van der Waals surface area (Å²) in [4.78, 5) is 49.8. The fourth-order valence-corrected chi connectivity index (χ4v) is 4.24. The van der Waals surface area contributed by atoms with E-state index < -0.39 is 23.9 Å². The van der Waals surface area contributed by atoms with Crippen molar-refractivity contribution in [2.75, 3.05) is 55.7 Å². The van der Waals surface area contributed by atoms with Crippen LogP contribution < -0.4 is 15.1 Å². The Labute approximate surface area is 204 Å². The normalized spacial score (nSPS) is 18.0. The summed E-state index contributed by atoms with van der Waals surface area (Å²) in [5, 5.41) is 11.8. The van der Waals surface area contributed by atoms with Crippen molar-refractivity contribution in [1.29, 1.82) is 0 Å². The summed E-state index contributed by atoms with van der Waals surface area (Å²) in [5.74, 6) is -0.824. The summed E-state index contributed by atoms with van der Waals surface area (Å²) in [6.07, 6.45) is 3.58. The molecule has 2 saturated heterocycles. The number of rotatable bonds is 6. The number of anilines is 2. The molecule has 13 heteroatoms. The summed E-state index contributed by atoms with van der Waals surface area (Å²) >= 11 is 0. The van der Waals surface area contributed by atoms with Gasteiger partial charge in [0.25, 0.3) is 5.91 Å². The second-order valence-electron chi connectivity index (χ2n) is 8.44. The molecule has 2 aromatic heterocycles. The van der Waals surface area contributed by atoms with E-state index in [0.29, 0.717) is 43.3 Å². The highest BCUT2D eigenvalue weighted by Gasteiger charge is 2.32. The maximum atomic E-state index is 14.9. The number of carbonyl (C=O) groups excluding carboxylic acids is 3. The number of nitrogens with zero attached hydrogens (tertiary/aromatic N) is 6. The average molecular weight is 497 g/mol. The number of amides is 3. The van der Waals surface area contributed by atoms with Gasteiger partial charge in [0.05, 0.1) is 31.1 Å². The fraction of sp³-hybridized carbons (Fsp3) is 0.348. The van der Waals surface area contributed by atoms with Crippen LogP contribution >= 0.6 is 0 Å². The molecule has 3 aromatic rings. The Hall–Kier alpha value is -4.26. The monoisotopic (exact) mass is 497 g/mol. The van der Waals surface area contributed by atoms with Crippen LogP contribution in [0.4, 0.5) is 20.6 Å². The van der Waals surface area contributed by atoms with Crippen LogP contribution in [-0.4, -0.2) is 94.3 Å². The third kappa shape index (κ3) is 4.64. The molecular formula is C23H24FN7O5. The molecule has 1 aromatic carbocycles. The molecule has 2 aliphatic rings. The second-order valence-corrected chi connectivity index (χ2v) is 8.44. The number of piperazine rings is 1. The van der Waals surface area contributed by atoms with E-state index in [1.807, 2.05) is 4.90 Å². The van der Waals surface area contributed by atoms with Crippen molar-refractivity contribution in [3.8, 4) is 0 Å². The van der Waals surface area contributed by atoms with Gasteiger partial charge in [0, 0.05) is 44.8 Å². The predicted molar refractivity (Wildman–Crippen MR) is 125 cm³/mol. The van der Waals surface area contributed by atoms with E-state index >= 15 is 0 Å². The molecule has 1 unspecified atom stereocenters. The lowest BCUT2D eigenvalue weighted by atomic mass is 10.2. The summed E-state index contributed by atoms with van der Waals surface area (Å²) in [6, 6.07) is 6.20. The van der Waals surface area contributed by atoms with Crippen molar-refractivity contribution in [3.05, 3.63) is 54.4 Å². The van der Waals surface area contributed by atoms with Crippen LogP contribution in [0.1, 0.15) is 10.5 Å². The van der Waals surface area contributed by atoms with Gasteiger partial charge in [-0.3, -0.25) is 18.9 Å². The molecular weight excluding hydrogens is 473 g/mol. The number of fused-ring (bicyclic) bond motifs is 1. The molecule has 1 atom stereocenters. The van der Waals surface area contributed by atoms with Gasteiger partial charge in [-0.1, -0.05) is 0 Å². The Morgan fingerprint density at radius 2 is 2.03 bits per heavy atom. The molecule has 3 amide bonds. The molecule has 12 nitrogen and oxygen atoms in total. The van der Waals surface area contributed by atoms with Crippen molar-refractivity contribution in [2.45, 2.75) is 6.10 Å². The number of ether oxygens (including phenoxy) is 1.